The van der Waals surface area contributed by atoms with Crippen LogP contribution in [-0.2, 0) is 13.1 Å². The molecular weight excluding hydrogens is 373 g/mol. The minimum atomic E-state index is 0. The largest absolute Gasteiger partial charge is 0.317 e. The Morgan fingerprint density at radius 3 is 2.80 bits per heavy atom. The lowest BCUT2D eigenvalue weighted by Crippen LogP contribution is -2.35. The fourth-order valence-corrected chi connectivity index (χ4v) is 4.90. The Hall–Kier alpha value is -0.650. The zero-order valence-corrected chi connectivity index (χ0v) is 16.9. The van der Waals surface area contributed by atoms with Gasteiger partial charge >= 0.3 is 0 Å². The number of halogens is 2. The summed E-state index contributed by atoms with van der Waals surface area (Å²) in [6, 6.07) is 7.16. The third-order valence-corrected chi connectivity index (χ3v) is 6.80. The van der Waals surface area contributed by atoms with Gasteiger partial charge in [0.2, 0.25) is 0 Å². The standard InChI is InChI=1S/C19H24ClN3S.ClH/c1-14-2-3-15(10-16(14)20)12-23(13-18-22-8-9-24-18)17-11-19(17)4-6-21-7-5-19;/h2-3,8-10,17,21H,4-7,11-13H2,1H3;1H. The van der Waals surface area contributed by atoms with Crippen LogP contribution in [0.2, 0.25) is 5.02 Å². The molecule has 0 amide bonds. The van der Waals surface area contributed by atoms with E-state index in [9.17, 15) is 0 Å². The molecule has 2 heterocycles. The monoisotopic (exact) mass is 397 g/mol. The first-order valence-electron chi connectivity index (χ1n) is 8.74. The Labute approximate surface area is 165 Å². The first-order valence-corrected chi connectivity index (χ1v) is 10.0. The second-order valence-electron chi connectivity index (χ2n) is 7.25. The van der Waals surface area contributed by atoms with Crippen LogP contribution in [0.4, 0.5) is 0 Å². The van der Waals surface area contributed by atoms with Crippen LogP contribution in [-0.4, -0.2) is 29.0 Å². The molecule has 1 aromatic carbocycles. The van der Waals surface area contributed by atoms with Gasteiger partial charge in [-0.25, -0.2) is 4.98 Å². The number of rotatable bonds is 5. The van der Waals surface area contributed by atoms with Crippen molar-refractivity contribution in [3.05, 3.63) is 50.9 Å². The fraction of sp³-hybridized carbons (Fsp3) is 0.526. The predicted molar refractivity (Wildman–Crippen MR) is 108 cm³/mol. The summed E-state index contributed by atoms with van der Waals surface area (Å²) < 4.78 is 0. The van der Waals surface area contributed by atoms with Gasteiger partial charge in [-0.1, -0.05) is 23.7 Å². The topological polar surface area (TPSA) is 28.2 Å². The minimum Gasteiger partial charge on any atom is -0.317 e. The summed E-state index contributed by atoms with van der Waals surface area (Å²) >= 11 is 8.10. The average molecular weight is 398 g/mol. The van der Waals surface area contributed by atoms with E-state index in [0.717, 1.165) is 36.8 Å². The molecule has 2 aliphatic rings. The normalized spacial score (nSPS) is 21.3. The zero-order valence-electron chi connectivity index (χ0n) is 14.5. The molecule has 0 radical (unpaired) electrons. The second-order valence-corrected chi connectivity index (χ2v) is 8.63. The lowest BCUT2D eigenvalue weighted by Gasteiger charge is -2.29. The molecule has 2 aromatic rings. The van der Waals surface area contributed by atoms with E-state index in [1.54, 1.807) is 11.3 Å². The van der Waals surface area contributed by atoms with Crippen LogP contribution in [0.15, 0.2) is 29.8 Å². The quantitative estimate of drug-likeness (QED) is 0.793. The molecule has 1 saturated heterocycles. The van der Waals surface area contributed by atoms with E-state index in [1.165, 1.54) is 29.8 Å². The zero-order chi connectivity index (χ0) is 16.6. The van der Waals surface area contributed by atoms with Crippen LogP contribution in [0.1, 0.15) is 35.4 Å². The van der Waals surface area contributed by atoms with Gasteiger partial charge < -0.3 is 5.32 Å². The maximum Gasteiger partial charge on any atom is 0.107 e. The van der Waals surface area contributed by atoms with Crippen molar-refractivity contribution in [2.75, 3.05) is 13.1 Å². The summed E-state index contributed by atoms with van der Waals surface area (Å²) in [6.45, 7) is 6.29. The lowest BCUT2D eigenvalue weighted by atomic mass is 9.93. The highest BCUT2D eigenvalue weighted by Crippen LogP contribution is 2.56. The van der Waals surface area contributed by atoms with Gasteiger partial charge in [0.05, 0.1) is 6.54 Å². The number of aryl methyl sites for hydroxylation is 1. The van der Waals surface area contributed by atoms with Crippen molar-refractivity contribution in [1.29, 1.82) is 0 Å². The average Bonchev–Trinajstić information content (AvgIpc) is 3.02. The van der Waals surface area contributed by atoms with E-state index in [1.807, 2.05) is 6.20 Å². The molecule has 136 valence electrons. The molecular formula is C19H25Cl2N3S. The molecule has 1 atom stereocenters. The number of nitrogens with one attached hydrogen (secondary N) is 1. The van der Waals surface area contributed by atoms with Crippen molar-refractivity contribution in [3.63, 3.8) is 0 Å². The maximum absolute atomic E-state index is 6.34. The molecule has 25 heavy (non-hydrogen) atoms. The highest BCUT2D eigenvalue weighted by Gasteiger charge is 2.56. The number of benzene rings is 1. The van der Waals surface area contributed by atoms with Crippen LogP contribution in [0.25, 0.3) is 0 Å². The molecule has 2 fully saturated rings. The maximum atomic E-state index is 6.34. The Bertz CT molecular complexity index is 699. The highest BCUT2D eigenvalue weighted by atomic mass is 35.5. The second kappa shape index (κ2) is 7.93. The smallest absolute Gasteiger partial charge is 0.107 e. The van der Waals surface area contributed by atoms with E-state index < -0.39 is 0 Å². The Balaban J connectivity index is 0.00000182. The molecule has 1 saturated carbocycles. The fourth-order valence-electron chi connectivity index (χ4n) is 4.05. The van der Waals surface area contributed by atoms with Gasteiger partial charge in [-0.05, 0) is 61.9 Å². The van der Waals surface area contributed by atoms with Crippen LogP contribution >= 0.6 is 35.3 Å². The molecule has 6 heteroatoms. The van der Waals surface area contributed by atoms with Crippen molar-refractivity contribution in [2.24, 2.45) is 5.41 Å². The first-order chi connectivity index (χ1) is 11.7. The van der Waals surface area contributed by atoms with Crippen molar-refractivity contribution in [1.82, 2.24) is 15.2 Å². The lowest BCUT2D eigenvalue weighted by molar-refractivity contribution is 0.188. The Morgan fingerprint density at radius 1 is 1.32 bits per heavy atom. The molecule has 3 nitrogen and oxygen atoms in total. The van der Waals surface area contributed by atoms with Gasteiger partial charge in [0.1, 0.15) is 5.01 Å². The van der Waals surface area contributed by atoms with Crippen molar-refractivity contribution in [2.45, 2.75) is 45.3 Å². The number of piperidine rings is 1. The number of hydrogen-bond acceptors (Lipinski definition) is 4. The molecule has 1 aliphatic carbocycles. The highest BCUT2D eigenvalue weighted by molar-refractivity contribution is 7.09. The number of nitrogens with zero attached hydrogens (tertiary/aromatic N) is 2. The van der Waals surface area contributed by atoms with Gasteiger partial charge in [0.15, 0.2) is 0 Å². The Kier molecular flexibility index (Phi) is 6.07. The van der Waals surface area contributed by atoms with Gasteiger partial charge in [0, 0.05) is 29.2 Å². The summed E-state index contributed by atoms with van der Waals surface area (Å²) in [5.74, 6) is 0. The van der Waals surface area contributed by atoms with Crippen molar-refractivity contribution in [3.8, 4) is 0 Å². The first kappa shape index (κ1) is 19.1. The summed E-state index contributed by atoms with van der Waals surface area (Å²) in [5.41, 5.74) is 2.99. The molecule has 1 aromatic heterocycles. The number of aromatic nitrogens is 1. The summed E-state index contributed by atoms with van der Waals surface area (Å²) in [7, 11) is 0. The van der Waals surface area contributed by atoms with Gasteiger partial charge in [-0.15, -0.1) is 23.7 Å². The van der Waals surface area contributed by atoms with Crippen LogP contribution in [0.3, 0.4) is 0 Å². The minimum absolute atomic E-state index is 0. The summed E-state index contributed by atoms with van der Waals surface area (Å²) in [6.07, 6.45) is 5.86. The van der Waals surface area contributed by atoms with Crippen LogP contribution in [0, 0.1) is 12.3 Å². The third kappa shape index (κ3) is 4.20. The molecule has 0 bridgehead atoms. The molecule has 1 aliphatic heterocycles. The van der Waals surface area contributed by atoms with Crippen molar-refractivity contribution < 1.29 is 0 Å². The number of thiazole rings is 1. The molecule has 1 spiro atoms. The predicted octanol–water partition coefficient (Wildman–Crippen LogP) is 4.67. The van der Waals surface area contributed by atoms with Crippen LogP contribution in [0.5, 0.6) is 0 Å². The summed E-state index contributed by atoms with van der Waals surface area (Å²) in [5, 5.41) is 7.66. The van der Waals surface area contributed by atoms with Crippen LogP contribution < -0.4 is 5.32 Å². The van der Waals surface area contributed by atoms with Crippen molar-refractivity contribution >= 4 is 35.3 Å². The molecule has 1 unspecified atom stereocenters. The van der Waals surface area contributed by atoms with Gasteiger partial charge in [0.25, 0.3) is 0 Å². The van der Waals surface area contributed by atoms with E-state index in [4.69, 9.17) is 11.6 Å². The van der Waals surface area contributed by atoms with E-state index in [-0.39, 0.29) is 12.4 Å². The number of hydrogen-bond donors (Lipinski definition) is 1. The third-order valence-electron chi connectivity index (χ3n) is 5.63. The molecule has 1 N–H and O–H groups in total. The van der Waals surface area contributed by atoms with E-state index in [2.05, 4.69) is 45.7 Å². The molecule has 4 rings (SSSR count). The summed E-state index contributed by atoms with van der Waals surface area (Å²) in [4.78, 5) is 7.14. The van der Waals surface area contributed by atoms with E-state index >= 15 is 0 Å². The van der Waals surface area contributed by atoms with Gasteiger partial charge in [-0.3, -0.25) is 4.90 Å². The van der Waals surface area contributed by atoms with E-state index in [0.29, 0.717) is 11.5 Å². The van der Waals surface area contributed by atoms with Gasteiger partial charge in [-0.2, -0.15) is 0 Å². The Morgan fingerprint density at radius 2 is 2.12 bits per heavy atom. The SMILES string of the molecule is Cc1ccc(CN(Cc2nccs2)C2CC23CCNCC3)cc1Cl.Cl.